The minimum atomic E-state index is -1.27. The molecule has 1 aliphatic rings. The summed E-state index contributed by atoms with van der Waals surface area (Å²) in [7, 11) is 0. The Morgan fingerprint density at radius 2 is 1.29 bits per heavy atom. The predicted octanol–water partition coefficient (Wildman–Crippen LogP) is 4.75. The van der Waals surface area contributed by atoms with E-state index >= 15 is 0 Å². The second-order valence-electron chi connectivity index (χ2n) is 10.6. The summed E-state index contributed by atoms with van der Waals surface area (Å²) in [6.07, 6.45) is -0.187. The number of phenols is 1. The lowest BCUT2D eigenvalue weighted by atomic mass is 9.77. The SMILES string of the molecule is CC(C)(C)N1C(=O)C([C@H](CC(=O)c2ccccc2O)c2ccccc2)C(=O)N(C(C)(C)C)C1=O. The number of hydrogen-bond donors (Lipinski definition) is 1. The van der Waals surface area contributed by atoms with Gasteiger partial charge in [-0.15, -0.1) is 0 Å². The average Bonchev–Trinajstić information content (AvgIpc) is 2.71. The van der Waals surface area contributed by atoms with Crippen molar-refractivity contribution in [1.29, 1.82) is 0 Å². The van der Waals surface area contributed by atoms with Gasteiger partial charge in [0.05, 0.1) is 5.56 Å². The van der Waals surface area contributed by atoms with Gasteiger partial charge in [-0.2, -0.15) is 0 Å². The van der Waals surface area contributed by atoms with E-state index in [9.17, 15) is 24.3 Å². The molecule has 1 heterocycles. The monoisotopic (exact) mass is 464 g/mol. The number of benzene rings is 2. The number of para-hydroxylation sites is 1. The molecule has 0 spiro atoms. The number of carbonyl (C=O) groups is 4. The maximum Gasteiger partial charge on any atom is 0.334 e. The summed E-state index contributed by atoms with van der Waals surface area (Å²) < 4.78 is 0. The zero-order valence-corrected chi connectivity index (χ0v) is 20.5. The number of urea groups is 1. The summed E-state index contributed by atoms with van der Waals surface area (Å²) in [5.74, 6) is -3.90. The zero-order chi connectivity index (χ0) is 25.4. The molecule has 0 bridgehead atoms. The van der Waals surface area contributed by atoms with Crippen molar-refractivity contribution in [3.05, 3.63) is 65.7 Å². The van der Waals surface area contributed by atoms with E-state index in [1.54, 1.807) is 77.9 Å². The molecule has 0 saturated carbocycles. The molecule has 1 fully saturated rings. The molecular weight excluding hydrogens is 432 g/mol. The molecule has 0 aliphatic carbocycles. The summed E-state index contributed by atoms with van der Waals surface area (Å²) >= 11 is 0. The van der Waals surface area contributed by atoms with Gasteiger partial charge in [0.1, 0.15) is 11.7 Å². The smallest absolute Gasteiger partial charge is 0.334 e. The van der Waals surface area contributed by atoms with Crippen LogP contribution >= 0.6 is 0 Å². The van der Waals surface area contributed by atoms with E-state index in [1.165, 1.54) is 12.1 Å². The molecule has 0 unspecified atom stereocenters. The van der Waals surface area contributed by atoms with Gasteiger partial charge in [0.15, 0.2) is 5.78 Å². The Morgan fingerprint density at radius 1 is 0.824 bits per heavy atom. The van der Waals surface area contributed by atoms with Crippen LogP contribution in [0.1, 0.15) is 69.8 Å². The van der Waals surface area contributed by atoms with Crippen molar-refractivity contribution < 1.29 is 24.3 Å². The Labute approximate surface area is 200 Å². The Balaban J connectivity index is 2.15. The van der Waals surface area contributed by atoms with Crippen molar-refractivity contribution >= 4 is 23.6 Å². The number of aromatic hydroxyl groups is 1. The highest BCUT2D eigenvalue weighted by Gasteiger charge is 2.55. The highest BCUT2D eigenvalue weighted by atomic mass is 16.3. The number of imide groups is 2. The number of ketones is 1. The van der Waals surface area contributed by atoms with Gasteiger partial charge in [-0.25, -0.2) is 4.79 Å². The summed E-state index contributed by atoms with van der Waals surface area (Å²) in [5.41, 5.74) is -0.996. The third-order valence-corrected chi connectivity index (χ3v) is 5.94. The van der Waals surface area contributed by atoms with Crippen LogP contribution in [-0.2, 0) is 9.59 Å². The molecule has 1 saturated heterocycles. The number of barbiturate groups is 1. The summed E-state index contributed by atoms with van der Waals surface area (Å²) in [6.45, 7) is 10.4. The van der Waals surface area contributed by atoms with Gasteiger partial charge < -0.3 is 5.11 Å². The molecule has 0 aromatic heterocycles. The highest BCUT2D eigenvalue weighted by Crippen LogP contribution is 2.39. The van der Waals surface area contributed by atoms with E-state index < -0.39 is 46.5 Å². The number of phenolic OH excluding ortho intramolecular Hbond substituents is 1. The molecule has 1 N–H and O–H groups in total. The third kappa shape index (κ3) is 4.74. The van der Waals surface area contributed by atoms with Gasteiger partial charge in [-0.3, -0.25) is 24.2 Å². The van der Waals surface area contributed by atoms with Gasteiger partial charge >= 0.3 is 6.03 Å². The first-order chi connectivity index (χ1) is 15.7. The van der Waals surface area contributed by atoms with E-state index in [0.29, 0.717) is 5.56 Å². The first-order valence-corrected chi connectivity index (χ1v) is 11.3. The number of nitrogens with zero attached hydrogens (tertiary/aromatic N) is 2. The molecule has 0 radical (unpaired) electrons. The molecule has 180 valence electrons. The maximum atomic E-state index is 13.8. The van der Waals surface area contributed by atoms with Crippen LogP contribution in [0.4, 0.5) is 4.79 Å². The van der Waals surface area contributed by atoms with E-state index in [0.717, 1.165) is 9.80 Å². The normalized spacial score (nSPS) is 16.7. The lowest BCUT2D eigenvalue weighted by Gasteiger charge is -2.48. The highest BCUT2D eigenvalue weighted by molar-refractivity contribution is 6.17. The van der Waals surface area contributed by atoms with E-state index in [-0.39, 0.29) is 17.7 Å². The second kappa shape index (κ2) is 9.05. The second-order valence-corrected chi connectivity index (χ2v) is 10.6. The Kier molecular flexibility index (Phi) is 6.69. The minimum absolute atomic E-state index is 0.121. The summed E-state index contributed by atoms with van der Waals surface area (Å²) in [5, 5.41) is 10.2. The molecule has 2 aromatic rings. The molecule has 1 aliphatic heterocycles. The molecule has 1 atom stereocenters. The van der Waals surface area contributed by atoms with Crippen molar-refractivity contribution in [1.82, 2.24) is 9.80 Å². The molecule has 2 aromatic carbocycles. The largest absolute Gasteiger partial charge is 0.507 e. The van der Waals surface area contributed by atoms with Crippen LogP contribution in [0.3, 0.4) is 0 Å². The van der Waals surface area contributed by atoms with Gasteiger partial charge in [0, 0.05) is 23.4 Å². The fraction of sp³-hybridized carbons (Fsp3) is 0.407. The van der Waals surface area contributed by atoms with Crippen LogP contribution in [0.2, 0.25) is 0 Å². The predicted molar refractivity (Wildman–Crippen MR) is 128 cm³/mol. The lowest BCUT2D eigenvalue weighted by molar-refractivity contribution is -0.156. The number of Topliss-reactive ketones (excluding diaryl/α,β-unsaturated/α-hetero) is 1. The maximum absolute atomic E-state index is 13.8. The first-order valence-electron chi connectivity index (χ1n) is 11.3. The molecular formula is C27H32N2O5. The topological polar surface area (TPSA) is 95.0 Å². The number of rotatable bonds is 5. The van der Waals surface area contributed by atoms with Gasteiger partial charge in [0.25, 0.3) is 0 Å². The number of amides is 4. The molecule has 7 nitrogen and oxygen atoms in total. The minimum Gasteiger partial charge on any atom is -0.507 e. The Hall–Kier alpha value is -3.48. The van der Waals surface area contributed by atoms with Gasteiger partial charge in [0.2, 0.25) is 11.8 Å². The first kappa shape index (κ1) is 25.1. The number of hydrogen-bond acceptors (Lipinski definition) is 5. The molecule has 4 amide bonds. The van der Waals surface area contributed by atoms with Gasteiger partial charge in [-0.05, 0) is 59.2 Å². The van der Waals surface area contributed by atoms with Crippen LogP contribution in [0.15, 0.2) is 54.6 Å². The van der Waals surface area contributed by atoms with Crippen molar-refractivity contribution in [2.45, 2.75) is 65.0 Å². The van der Waals surface area contributed by atoms with Crippen molar-refractivity contribution in [3.63, 3.8) is 0 Å². The van der Waals surface area contributed by atoms with Crippen molar-refractivity contribution in [2.75, 3.05) is 0 Å². The van der Waals surface area contributed by atoms with Crippen LogP contribution in [0.5, 0.6) is 5.75 Å². The van der Waals surface area contributed by atoms with Crippen LogP contribution in [0.25, 0.3) is 0 Å². The summed E-state index contributed by atoms with van der Waals surface area (Å²) in [6, 6.07) is 14.4. The lowest BCUT2D eigenvalue weighted by Crippen LogP contribution is -2.68. The van der Waals surface area contributed by atoms with E-state index in [4.69, 9.17) is 0 Å². The Morgan fingerprint density at radius 3 is 1.76 bits per heavy atom. The quantitative estimate of drug-likeness (QED) is 0.509. The summed E-state index contributed by atoms with van der Waals surface area (Å²) in [4.78, 5) is 56.4. The van der Waals surface area contributed by atoms with Crippen molar-refractivity contribution in [3.8, 4) is 5.75 Å². The van der Waals surface area contributed by atoms with Crippen LogP contribution in [0, 0.1) is 5.92 Å². The fourth-order valence-corrected chi connectivity index (χ4v) is 4.40. The third-order valence-electron chi connectivity index (χ3n) is 5.94. The van der Waals surface area contributed by atoms with Crippen LogP contribution in [-0.4, -0.2) is 49.6 Å². The Bertz CT molecular complexity index is 1080. The van der Waals surface area contributed by atoms with Crippen molar-refractivity contribution in [2.24, 2.45) is 5.92 Å². The molecule has 7 heteroatoms. The average molecular weight is 465 g/mol. The van der Waals surface area contributed by atoms with Gasteiger partial charge in [-0.1, -0.05) is 42.5 Å². The molecule has 3 rings (SSSR count). The standard InChI is InChI=1S/C27H32N2O5/c1-26(2,3)28-23(32)22(24(33)29(25(28)34)27(4,5)6)19(17-12-8-7-9-13-17)16-21(31)18-14-10-11-15-20(18)30/h7-15,19,22,30H,16H2,1-6H3/t19-/m1/s1. The van der Waals surface area contributed by atoms with E-state index in [2.05, 4.69) is 0 Å². The fourth-order valence-electron chi connectivity index (χ4n) is 4.40. The van der Waals surface area contributed by atoms with E-state index in [1.807, 2.05) is 6.07 Å². The molecule has 34 heavy (non-hydrogen) atoms. The zero-order valence-electron chi connectivity index (χ0n) is 20.5. The number of carbonyl (C=O) groups excluding carboxylic acids is 4. The van der Waals surface area contributed by atoms with Crippen LogP contribution < -0.4 is 0 Å².